The van der Waals surface area contributed by atoms with E-state index in [1.165, 1.54) is 0 Å². The van der Waals surface area contributed by atoms with Gasteiger partial charge in [0.05, 0.1) is 24.7 Å². The standard InChI is InChI=1S/C18H23BrN6O3S/c1-3-27-10-8-20-15-12-11-22-25(16(12)24-18(23-15)29-4-2)9-7-21-17(26)13-5-6-14(19)28-13/h5-6,11H,3-4,7-10H2,1-2H3,(H,21,26)(H,20,23,24). The number of nitrogens with zero attached hydrogens (tertiary/aromatic N) is 4. The molecule has 1 amide bonds. The van der Waals surface area contributed by atoms with Gasteiger partial charge in [0.2, 0.25) is 0 Å². The van der Waals surface area contributed by atoms with Gasteiger partial charge >= 0.3 is 0 Å². The molecule has 0 bridgehead atoms. The van der Waals surface area contributed by atoms with E-state index < -0.39 is 0 Å². The predicted molar refractivity (Wildman–Crippen MR) is 115 cm³/mol. The smallest absolute Gasteiger partial charge is 0.287 e. The molecule has 3 rings (SSSR count). The minimum atomic E-state index is -0.276. The molecular formula is C18H23BrN6O3S. The third-order valence-electron chi connectivity index (χ3n) is 3.90. The van der Waals surface area contributed by atoms with Gasteiger partial charge in [-0.15, -0.1) is 0 Å². The SMILES string of the molecule is CCOCCNc1nc(SCC)nc2c1cnn2CCNC(=O)c1ccc(Br)o1. The molecule has 0 aliphatic rings. The maximum Gasteiger partial charge on any atom is 0.287 e. The average Bonchev–Trinajstić information content (AvgIpc) is 3.32. The van der Waals surface area contributed by atoms with Crippen molar-refractivity contribution in [1.82, 2.24) is 25.1 Å². The highest BCUT2D eigenvalue weighted by Crippen LogP contribution is 2.24. The first kappa shape index (κ1) is 21.6. The maximum absolute atomic E-state index is 12.1. The van der Waals surface area contributed by atoms with Gasteiger partial charge in [-0.3, -0.25) is 4.79 Å². The van der Waals surface area contributed by atoms with E-state index in [1.807, 2.05) is 6.92 Å². The lowest BCUT2D eigenvalue weighted by Gasteiger charge is -2.09. The van der Waals surface area contributed by atoms with E-state index >= 15 is 0 Å². The summed E-state index contributed by atoms with van der Waals surface area (Å²) in [4.78, 5) is 21.3. The summed E-state index contributed by atoms with van der Waals surface area (Å²) in [6.45, 7) is 6.81. The molecule has 0 unspecified atom stereocenters. The van der Waals surface area contributed by atoms with E-state index in [0.29, 0.717) is 42.7 Å². The van der Waals surface area contributed by atoms with Crippen molar-refractivity contribution in [2.45, 2.75) is 25.5 Å². The zero-order valence-electron chi connectivity index (χ0n) is 16.3. The number of hydrogen-bond acceptors (Lipinski definition) is 8. The van der Waals surface area contributed by atoms with Gasteiger partial charge in [-0.05, 0) is 40.7 Å². The van der Waals surface area contributed by atoms with Crippen LogP contribution in [0.2, 0.25) is 0 Å². The summed E-state index contributed by atoms with van der Waals surface area (Å²) in [5, 5.41) is 12.1. The number of nitrogens with one attached hydrogen (secondary N) is 2. The van der Waals surface area contributed by atoms with E-state index in [1.54, 1.807) is 34.8 Å². The van der Waals surface area contributed by atoms with Crippen LogP contribution in [0.15, 0.2) is 32.6 Å². The maximum atomic E-state index is 12.1. The summed E-state index contributed by atoms with van der Waals surface area (Å²) in [6, 6.07) is 3.30. The van der Waals surface area contributed by atoms with E-state index in [2.05, 4.69) is 48.6 Å². The summed E-state index contributed by atoms with van der Waals surface area (Å²) < 4.78 is 12.9. The first-order valence-corrected chi connectivity index (χ1v) is 11.1. The average molecular weight is 483 g/mol. The summed E-state index contributed by atoms with van der Waals surface area (Å²) >= 11 is 4.76. The lowest BCUT2D eigenvalue weighted by molar-refractivity contribution is 0.0923. The van der Waals surface area contributed by atoms with Gasteiger partial charge in [0.1, 0.15) is 5.82 Å². The van der Waals surface area contributed by atoms with Crippen molar-refractivity contribution >= 4 is 50.5 Å². The Kier molecular flexibility index (Phi) is 7.90. The largest absolute Gasteiger partial charge is 0.444 e. The van der Waals surface area contributed by atoms with Crippen LogP contribution in [-0.4, -0.2) is 57.7 Å². The summed E-state index contributed by atoms with van der Waals surface area (Å²) in [6.07, 6.45) is 1.74. The number of fused-ring (bicyclic) bond motifs is 1. The zero-order chi connectivity index (χ0) is 20.6. The Morgan fingerprint density at radius 1 is 1.31 bits per heavy atom. The molecule has 0 saturated heterocycles. The topological polar surface area (TPSA) is 107 Å². The van der Waals surface area contributed by atoms with Crippen LogP contribution in [0.3, 0.4) is 0 Å². The minimum absolute atomic E-state index is 0.256. The Bertz CT molecular complexity index is 960. The van der Waals surface area contributed by atoms with Crippen molar-refractivity contribution in [3.63, 3.8) is 0 Å². The number of carbonyl (C=O) groups is 1. The number of ether oxygens (including phenoxy) is 1. The van der Waals surface area contributed by atoms with Crippen molar-refractivity contribution in [3.05, 3.63) is 28.8 Å². The predicted octanol–water partition coefficient (Wildman–Crippen LogP) is 3.17. The second-order valence-corrected chi connectivity index (χ2v) is 7.89. The molecule has 0 fully saturated rings. The molecule has 3 aromatic heterocycles. The van der Waals surface area contributed by atoms with Gasteiger partial charge in [-0.25, -0.2) is 14.6 Å². The summed E-state index contributed by atoms with van der Waals surface area (Å²) in [5.74, 6) is 1.59. The second kappa shape index (κ2) is 10.6. The highest BCUT2D eigenvalue weighted by Gasteiger charge is 2.14. The van der Waals surface area contributed by atoms with Crippen LogP contribution in [0.1, 0.15) is 24.4 Å². The first-order valence-electron chi connectivity index (χ1n) is 9.33. The fraction of sp³-hybridized carbons (Fsp3) is 0.444. The Labute approximate surface area is 181 Å². The third-order valence-corrected chi connectivity index (χ3v) is 5.05. The van der Waals surface area contributed by atoms with Crippen molar-refractivity contribution in [2.24, 2.45) is 0 Å². The number of thioether (sulfide) groups is 1. The first-order chi connectivity index (χ1) is 14.1. The van der Waals surface area contributed by atoms with Crippen LogP contribution < -0.4 is 10.6 Å². The fourth-order valence-corrected chi connectivity index (χ4v) is 3.48. The van der Waals surface area contributed by atoms with Crippen molar-refractivity contribution in [3.8, 4) is 0 Å². The summed E-state index contributed by atoms with van der Waals surface area (Å²) in [5.41, 5.74) is 0.727. The third kappa shape index (κ3) is 5.71. The lowest BCUT2D eigenvalue weighted by atomic mass is 10.4. The van der Waals surface area contributed by atoms with Gasteiger partial charge in [0.25, 0.3) is 5.91 Å². The monoisotopic (exact) mass is 482 g/mol. The van der Waals surface area contributed by atoms with Crippen LogP contribution in [0.5, 0.6) is 0 Å². The number of amides is 1. The van der Waals surface area contributed by atoms with Crippen LogP contribution >= 0.6 is 27.7 Å². The van der Waals surface area contributed by atoms with Gasteiger partial charge in [0.15, 0.2) is 21.2 Å². The summed E-state index contributed by atoms with van der Waals surface area (Å²) in [7, 11) is 0. The molecule has 0 aromatic carbocycles. The number of furan rings is 1. The molecular weight excluding hydrogens is 460 g/mol. The molecule has 0 aliphatic heterocycles. The molecule has 0 saturated carbocycles. The number of rotatable bonds is 11. The highest BCUT2D eigenvalue weighted by molar-refractivity contribution is 9.10. The zero-order valence-corrected chi connectivity index (χ0v) is 18.7. The molecule has 156 valence electrons. The van der Waals surface area contributed by atoms with Crippen molar-refractivity contribution in [2.75, 3.05) is 37.4 Å². The fourth-order valence-electron chi connectivity index (χ4n) is 2.61. The number of halogens is 1. The quantitative estimate of drug-likeness (QED) is 0.243. The van der Waals surface area contributed by atoms with E-state index in [4.69, 9.17) is 9.15 Å². The van der Waals surface area contributed by atoms with Crippen LogP contribution in [-0.2, 0) is 11.3 Å². The number of anilines is 1. The number of carbonyl (C=O) groups excluding carboxylic acids is 1. The van der Waals surface area contributed by atoms with Crippen molar-refractivity contribution < 1.29 is 13.9 Å². The van der Waals surface area contributed by atoms with Gasteiger partial charge < -0.3 is 19.8 Å². The van der Waals surface area contributed by atoms with Gasteiger partial charge in [-0.1, -0.05) is 18.7 Å². The normalized spacial score (nSPS) is 11.1. The molecule has 0 radical (unpaired) electrons. The molecule has 2 N–H and O–H groups in total. The van der Waals surface area contributed by atoms with E-state index in [-0.39, 0.29) is 11.7 Å². The van der Waals surface area contributed by atoms with Crippen LogP contribution in [0, 0.1) is 0 Å². The Hall–Kier alpha value is -2.11. The Morgan fingerprint density at radius 3 is 2.90 bits per heavy atom. The second-order valence-electron chi connectivity index (χ2n) is 5.88. The van der Waals surface area contributed by atoms with E-state index in [0.717, 1.165) is 22.6 Å². The van der Waals surface area contributed by atoms with E-state index in [9.17, 15) is 4.79 Å². The Morgan fingerprint density at radius 2 is 2.17 bits per heavy atom. The molecule has 0 spiro atoms. The van der Waals surface area contributed by atoms with Crippen LogP contribution in [0.25, 0.3) is 11.0 Å². The molecule has 3 aromatic rings. The van der Waals surface area contributed by atoms with Gasteiger partial charge in [0, 0.05) is 19.7 Å². The van der Waals surface area contributed by atoms with Gasteiger partial charge in [-0.2, -0.15) is 5.10 Å². The van der Waals surface area contributed by atoms with Crippen LogP contribution in [0.4, 0.5) is 5.82 Å². The lowest BCUT2D eigenvalue weighted by Crippen LogP contribution is -2.27. The van der Waals surface area contributed by atoms with Crippen molar-refractivity contribution in [1.29, 1.82) is 0 Å². The highest BCUT2D eigenvalue weighted by atomic mass is 79.9. The molecule has 3 heterocycles. The molecule has 0 aliphatic carbocycles. The number of hydrogen-bond donors (Lipinski definition) is 2. The molecule has 0 atom stereocenters. The molecule has 9 nitrogen and oxygen atoms in total. The minimum Gasteiger partial charge on any atom is -0.444 e. The molecule has 29 heavy (non-hydrogen) atoms. The molecule has 11 heteroatoms. The Balaban J connectivity index is 1.70. The number of aromatic nitrogens is 4.